The van der Waals surface area contributed by atoms with Gasteiger partial charge in [-0.05, 0) is 25.6 Å². The number of carbonyl (C=O) groups is 2. The fraction of sp³-hybridized carbons (Fsp3) is 0.565. The monoisotopic (exact) mass is 399 g/mol. The van der Waals surface area contributed by atoms with Gasteiger partial charge in [-0.15, -0.1) is 0 Å². The van der Waals surface area contributed by atoms with Gasteiger partial charge in [-0.3, -0.25) is 14.5 Å². The van der Waals surface area contributed by atoms with Crippen LogP contribution in [0.15, 0.2) is 28.7 Å². The zero-order valence-corrected chi connectivity index (χ0v) is 17.9. The Bertz CT molecular complexity index is 833. The van der Waals surface area contributed by atoms with Gasteiger partial charge in [-0.25, -0.2) is 0 Å². The molecule has 1 aliphatic heterocycles. The minimum atomic E-state index is 0.0249. The first kappa shape index (κ1) is 21.4. The van der Waals surface area contributed by atoms with E-state index in [1.807, 2.05) is 34.1 Å². The van der Waals surface area contributed by atoms with Crippen molar-refractivity contribution in [2.45, 2.75) is 40.0 Å². The van der Waals surface area contributed by atoms with E-state index in [-0.39, 0.29) is 11.8 Å². The normalized spacial score (nSPS) is 14.8. The van der Waals surface area contributed by atoms with Gasteiger partial charge in [-0.2, -0.15) is 0 Å². The second-order valence-electron chi connectivity index (χ2n) is 7.63. The Labute approximate surface area is 173 Å². The van der Waals surface area contributed by atoms with Gasteiger partial charge < -0.3 is 14.2 Å². The summed E-state index contributed by atoms with van der Waals surface area (Å²) < 4.78 is 6.02. The fourth-order valence-electron chi connectivity index (χ4n) is 3.90. The standard InChI is InChI=1S/C23H33N3O3/c1-4-7-11-20-22(18-10-8-9-12-19(18)29-20)23(28)26-15-13-25(14-16-26)21(27)17-24(5-2)6-3/h8-10,12H,4-7,11,13-17H2,1-3H3. The summed E-state index contributed by atoms with van der Waals surface area (Å²) in [5.74, 6) is 0.966. The molecule has 2 heterocycles. The van der Waals surface area contributed by atoms with Crippen LogP contribution in [0, 0.1) is 0 Å². The molecule has 0 unspecified atom stereocenters. The molecule has 0 aliphatic carbocycles. The van der Waals surface area contributed by atoms with E-state index in [2.05, 4.69) is 25.7 Å². The lowest BCUT2D eigenvalue weighted by Gasteiger charge is -2.35. The average molecular weight is 400 g/mol. The molecular weight excluding hydrogens is 366 g/mol. The largest absolute Gasteiger partial charge is 0.460 e. The van der Waals surface area contributed by atoms with Crippen LogP contribution in [0.1, 0.15) is 49.7 Å². The number of hydrogen-bond acceptors (Lipinski definition) is 4. The maximum absolute atomic E-state index is 13.4. The summed E-state index contributed by atoms with van der Waals surface area (Å²) in [7, 11) is 0. The molecule has 0 bridgehead atoms. The molecule has 2 aromatic rings. The number of unbranched alkanes of at least 4 members (excludes halogenated alkanes) is 1. The third-order valence-electron chi connectivity index (χ3n) is 5.81. The molecule has 158 valence electrons. The van der Waals surface area contributed by atoms with Crippen molar-refractivity contribution in [2.24, 2.45) is 0 Å². The summed E-state index contributed by atoms with van der Waals surface area (Å²) in [4.78, 5) is 31.8. The van der Waals surface area contributed by atoms with Gasteiger partial charge in [0.25, 0.3) is 5.91 Å². The molecule has 29 heavy (non-hydrogen) atoms. The Morgan fingerprint density at radius 3 is 2.31 bits per heavy atom. The van der Waals surface area contributed by atoms with Crippen molar-refractivity contribution < 1.29 is 14.0 Å². The second kappa shape index (κ2) is 9.92. The van der Waals surface area contributed by atoms with Gasteiger partial charge in [0.1, 0.15) is 11.3 Å². The lowest BCUT2D eigenvalue weighted by molar-refractivity contribution is -0.133. The molecule has 0 N–H and O–H groups in total. The molecule has 6 heteroatoms. The van der Waals surface area contributed by atoms with E-state index in [9.17, 15) is 9.59 Å². The molecule has 2 amide bonds. The predicted octanol–water partition coefficient (Wildman–Crippen LogP) is 3.40. The van der Waals surface area contributed by atoms with Crippen LogP contribution in [0.5, 0.6) is 0 Å². The SMILES string of the molecule is CCCCc1oc2ccccc2c1C(=O)N1CCN(C(=O)CN(CC)CC)CC1. The molecule has 6 nitrogen and oxygen atoms in total. The Balaban J connectivity index is 1.70. The van der Waals surface area contributed by atoms with Crippen LogP contribution in [-0.2, 0) is 11.2 Å². The maximum Gasteiger partial charge on any atom is 0.258 e. The van der Waals surface area contributed by atoms with Crippen molar-refractivity contribution in [1.29, 1.82) is 0 Å². The van der Waals surface area contributed by atoms with Gasteiger partial charge in [0.05, 0.1) is 12.1 Å². The quantitative estimate of drug-likeness (QED) is 0.683. The average Bonchev–Trinajstić information content (AvgIpc) is 3.13. The van der Waals surface area contributed by atoms with E-state index in [1.54, 1.807) is 0 Å². The lowest BCUT2D eigenvalue weighted by Crippen LogP contribution is -2.52. The highest BCUT2D eigenvalue weighted by Gasteiger charge is 2.29. The number of nitrogens with zero attached hydrogens (tertiary/aromatic N) is 3. The molecule has 1 aromatic carbocycles. The van der Waals surface area contributed by atoms with Gasteiger partial charge >= 0.3 is 0 Å². The molecule has 1 fully saturated rings. The van der Waals surface area contributed by atoms with Crippen molar-refractivity contribution in [1.82, 2.24) is 14.7 Å². The van der Waals surface area contributed by atoms with Crippen molar-refractivity contribution in [3.8, 4) is 0 Å². The van der Waals surface area contributed by atoms with Crippen molar-refractivity contribution in [2.75, 3.05) is 45.8 Å². The zero-order valence-electron chi connectivity index (χ0n) is 17.9. The minimum Gasteiger partial charge on any atom is -0.460 e. The van der Waals surface area contributed by atoms with Gasteiger partial charge in [0, 0.05) is 38.0 Å². The van der Waals surface area contributed by atoms with Crippen LogP contribution in [-0.4, -0.2) is 72.3 Å². The highest BCUT2D eigenvalue weighted by Crippen LogP contribution is 2.28. The highest BCUT2D eigenvalue weighted by molar-refractivity contribution is 6.07. The third kappa shape index (κ3) is 4.81. The van der Waals surface area contributed by atoms with Gasteiger partial charge in [0.2, 0.25) is 5.91 Å². The van der Waals surface area contributed by atoms with Crippen LogP contribution < -0.4 is 0 Å². The number of aryl methyl sites for hydroxylation is 1. The first-order chi connectivity index (χ1) is 14.1. The van der Waals surface area contributed by atoms with E-state index in [0.717, 1.165) is 49.1 Å². The molecule has 1 aromatic heterocycles. The van der Waals surface area contributed by atoms with Crippen LogP contribution in [0.4, 0.5) is 0 Å². The number of carbonyl (C=O) groups excluding carboxylic acids is 2. The summed E-state index contributed by atoms with van der Waals surface area (Å²) in [6, 6.07) is 7.77. The fourth-order valence-corrected chi connectivity index (χ4v) is 3.90. The number of piperazine rings is 1. The molecule has 0 radical (unpaired) electrons. The second-order valence-corrected chi connectivity index (χ2v) is 7.63. The smallest absolute Gasteiger partial charge is 0.258 e. The Morgan fingerprint density at radius 2 is 1.66 bits per heavy atom. The van der Waals surface area contributed by atoms with Gasteiger partial charge in [-0.1, -0.05) is 45.4 Å². The molecule has 1 saturated heterocycles. The van der Waals surface area contributed by atoms with E-state index >= 15 is 0 Å². The van der Waals surface area contributed by atoms with Gasteiger partial charge in [0.15, 0.2) is 0 Å². The first-order valence-corrected chi connectivity index (χ1v) is 10.9. The molecule has 3 rings (SSSR count). The Kier molecular flexibility index (Phi) is 7.31. The lowest BCUT2D eigenvalue weighted by atomic mass is 10.1. The predicted molar refractivity (Wildman–Crippen MR) is 115 cm³/mol. The topological polar surface area (TPSA) is 57.0 Å². The number of likely N-dealkylation sites (N-methyl/N-ethyl adjacent to an activating group) is 1. The van der Waals surface area contributed by atoms with E-state index in [4.69, 9.17) is 4.42 Å². The number of fused-ring (bicyclic) bond motifs is 1. The summed E-state index contributed by atoms with van der Waals surface area (Å²) in [6.07, 6.45) is 2.82. The van der Waals surface area contributed by atoms with Crippen LogP contribution in [0.3, 0.4) is 0 Å². The summed E-state index contributed by atoms with van der Waals surface area (Å²) in [5.41, 5.74) is 1.48. The zero-order chi connectivity index (χ0) is 20.8. The van der Waals surface area contributed by atoms with E-state index < -0.39 is 0 Å². The molecule has 0 atom stereocenters. The van der Waals surface area contributed by atoms with Crippen molar-refractivity contribution in [3.05, 3.63) is 35.6 Å². The number of hydrogen-bond donors (Lipinski definition) is 0. The van der Waals surface area contributed by atoms with Crippen molar-refractivity contribution >= 4 is 22.8 Å². The van der Waals surface area contributed by atoms with E-state index in [1.165, 1.54) is 0 Å². The molecule has 1 aliphatic rings. The number of amides is 2. The summed E-state index contributed by atoms with van der Waals surface area (Å²) >= 11 is 0. The number of rotatable bonds is 8. The number of benzene rings is 1. The summed E-state index contributed by atoms with van der Waals surface area (Å²) in [6.45, 7) is 10.8. The van der Waals surface area contributed by atoms with Crippen LogP contribution in [0.25, 0.3) is 11.0 Å². The number of furan rings is 1. The third-order valence-corrected chi connectivity index (χ3v) is 5.81. The highest BCUT2D eigenvalue weighted by atomic mass is 16.3. The Morgan fingerprint density at radius 1 is 1.00 bits per heavy atom. The molecule has 0 saturated carbocycles. The van der Waals surface area contributed by atoms with E-state index in [0.29, 0.717) is 38.3 Å². The maximum atomic E-state index is 13.4. The first-order valence-electron chi connectivity index (χ1n) is 10.9. The summed E-state index contributed by atoms with van der Waals surface area (Å²) in [5, 5.41) is 0.892. The van der Waals surface area contributed by atoms with Crippen molar-refractivity contribution in [3.63, 3.8) is 0 Å². The number of para-hydroxylation sites is 1. The Hall–Kier alpha value is -2.34. The minimum absolute atomic E-state index is 0.0249. The van der Waals surface area contributed by atoms with Crippen LogP contribution >= 0.6 is 0 Å². The molecule has 0 spiro atoms. The molecular formula is C23H33N3O3. The van der Waals surface area contributed by atoms with Crippen LogP contribution in [0.2, 0.25) is 0 Å².